The van der Waals surface area contributed by atoms with Gasteiger partial charge in [-0.25, -0.2) is 0 Å². The molecule has 0 radical (unpaired) electrons. The average molecular weight is 304 g/mol. The van der Waals surface area contributed by atoms with Crippen molar-refractivity contribution in [3.63, 3.8) is 0 Å². The zero-order chi connectivity index (χ0) is 16.0. The molecule has 2 aliphatic rings. The second-order valence-corrected chi connectivity index (χ2v) is 7.40. The summed E-state index contributed by atoms with van der Waals surface area (Å²) in [5.74, 6) is 0.197. The summed E-state index contributed by atoms with van der Waals surface area (Å²) in [6.45, 7) is 9.33. The van der Waals surface area contributed by atoms with Crippen molar-refractivity contribution < 1.29 is 19.2 Å². The van der Waals surface area contributed by atoms with Gasteiger partial charge in [-0.1, -0.05) is 24.3 Å². The molecule has 0 spiro atoms. The summed E-state index contributed by atoms with van der Waals surface area (Å²) in [5.41, 5.74) is 1.60. The molecule has 0 saturated carbocycles. The molecular formula is C17H25BO4. The maximum absolute atomic E-state index is 9.83. The quantitative estimate of drug-likeness (QED) is 0.861. The summed E-state index contributed by atoms with van der Waals surface area (Å²) in [7, 11) is -0.320. The van der Waals surface area contributed by atoms with Crippen LogP contribution in [0.3, 0.4) is 0 Å². The standard InChI is InChI=1S/C17H25BO4/c1-16(2)17(3,4)22-18(21-16)14-7-5-12(6-8-14)9-13-10-20-11-15(13)19/h5-8,13,15,19H,9-11H2,1-4H3/t13-,15-/m1/s1. The molecule has 120 valence electrons. The van der Waals surface area contributed by atoms with Crippen molar-refractivity contribution in [3.8, 4) is 0 Å². The first kappa shape index (κ1) is 16.0. The largest absolute Gasteiger partial charge is 0.494 e. The van der Waals surface area contributed by atoms with E-state index in [0.717, 1.165) is 11.9 Å². The summed E-state index contributed by atoms with van der Waals surface area (Å²) in [5, 5.41) is 9.83. The molecular weight excluding hydrogens is 279 g/mol. The predicted molar refractivity (Wildman–Crippen MR) is 86.2 cm³/mol. The van der Waals surface area contributed by atoms with E-state index in [1.807, 2.05) is 0 Å². The second-order valence-electron chi connectivity index (χ2n) is 7.40. The van der Waals surface area contributed by atoms with Crippen molar-refractivity contribution in [1.82, 2.24) is 0 Å². The maximum Gasteiger partial charge on any atom is 0.494 e. The van der Waals surface area contributed by atoms with E-state index in [2.05, 4.69) is 52.0 Å². The van der Waals surface area contributed by atoms with Gasteiger partial charge in [-0.2, -0.15) is 0 Å². The lowest BCUT2D eigenvalue weighted by Gasteiger charge is -2.32. The van der Waals surface area contributed by atoms with Crippen molar-refractivity contribution in [2.75, 3.05) is 13.2 Å². The molecule has 0 bridgehead atoms. The van der Waals surface area contributed by atoms with Crippen molar-refractivity contribution >= 4 is 12.6 Å². The molecule has 22 heavy (non-hydrogen) atoms. The Morgan fingerprint density at radius 1 is 1.05 bits per heavy atom. The van der Waals surface area contributed by atoms with Gasteiger partial charge in [-0.3, -0.25) is 0 Å². The number of ether oxygens (including phenoxy) is 1. The normalized spacial score (nSPS) is 30.0. The Balaban J connectivity index is 1.67. The van der Waals surface area contributed by atoms with E-state index in [1.54, 1.807) is 0 Å². The first-order valence-corrected chi connectivity index (χ1v) is 7.99. The van der Waals surface area contributed by atoms with Gasteiger partial charge >= 0.3 is 7.12 Å². The van der Waals surface area contributed by atoms with Crippen molar-refractivity contribution in [3.05, 3.63) is 29.8 Å². The molecule has 4 nitrogen and oxygen atoms in total. The van der Waals surface area contributed by atoms with E-state index in [1.165, 1.54) is 5.56 Å². The number of aliphatic hydroxyl groups excluding tert-OH is 1. The molecule has 2 atom stereocenters. The number of benzene rings is 1. The summed E-state index contributed by atoms with van der Waals surface area (Å²) < 4.78 is 17.4. The fourth-order valence-electron chi connectivity index (χ4n) is 2.88. The molecule has 2 fully saturated rings. The van der Waals surface area contributed by atoms with E-state index in [-0.39, 0.29) is 30.3 Å². The topological polar surface area (TPSA) is 47.9 Å². The van der Waals surface area contributed by atoms with Gasteiger partial charge in [0, 0.05) is 5.92 Å². The zero-order valence-electron chi connectivity index (χ0n) is 13.8. The van der Waals surface area contributed by atoms with Crippen LogP contribution < -0.4 is 5.46 Å². The SMILES string of the molecule is CC1(C)OB(c2ccc(C[C@@H]3COC[C@H]3O)cc2)OC1(C)C. The second kappa shape index (κ2) is 5.64. The molecule has 1 aromatic rings. The first-order valence-electron chi connectivity index (χ1n) is 7.99. The number of rotatable bonds is 3. The van der Waals surface area contributed by atoms with Gasteiger partial charge in [-0.05, 0) is 45.1 Å². The van der Waals surface area contributed by atoms with Crippen LogP contribution in [0.1, 0.15) is 33.3 Å². The number of aliphatic hydroxyl groups is 1. The molecule has 5 heteroatoms. The van der Waals surface area contributed by atoms with Gasteiger partial charge in [-0.15, -0.1) is 0 Å². The Morgan fingerprint density at radius 3 is 2.14 bits per heavy atom. The smallest absolute Gasteiger partial charge is 0.399 e. The van der Waals surface area contributed by atoms with Crippen molar-refractivity contribution in [2.24, 2.45) is 5.92 Å². The highest BCUT2D eigenvalue weighted by Crippen LogP contribution is 2.36. The van der Waals surface area contributed by atoms with Crippen LogP contribution in [-0.2, 0) is 20.5 Å². The first-order chi connectivity index (χ1) is 10.3. The van der Waals surface area contributed by atoms with Crippen LogP contribution in [0.4, 0.5) is 0 Å². The third-order valence-electron chi connectivity index (χ3n) is 5.17. The van der Waals surface area contributed by atoms with Crippen LogP contribution in [0.2, 0.25) is 0 Å². The Hall–Kier alpha value is -0.875. The van der Waals surface area contributed by atoms with Crippen molar-refractivity contribution in [1.29, 1.82) is 0 Å². The van der Waals surface area contributed by atoms with Gasteiger partial charge in [0.05, 0.1) is 30.5 Å². The molecule has 3 rings (SSSR count). The lowest BCUT2D eigenvalue weighted by atomic mass is 9.78. The summed E-state index contributed by atoms with van der Waals surface area (Å²) in [6, 6.07) is 8.29. The molecule has 0 aromatic heterocycles. The highest BCUT2D eigenvalue weighted by atomic mass is 16.7. The molecule has 2 heterocycles. The van der Waals surface area contributed by atoms with E-state index >= 15 is 0 Å². The van der Waals surface area contributed by atoms with Crippen LogP contribution in [-0.4, -0.2) is 42.7 Å². The van der Waals surface area contributed by atoms with Crippen LogP contribution in [0, 0.1) is 5.92 Å². The van der Waals surface area contributed by atoms with Gasteiger partial charge in [0.25, 0.3) is 0 Å². The van der Waals surface area contributed by atoms with Crippen LogP contribution in [0.25, 0.3) is 0 Å². The van der Waals surface area contributed by atoms with E-state index < -0.39 is 0 Å². The lowest BCUT2D eigenvalue weighted by Crippen LogP contribution is -2.41. The zero-order valence-corrected chi connectivity index (χ0v) is 13.8. The van der Waals surface area contributed by atoms with Gasteiger partial charge in [0.2, 0.25) is 0 Å². The predicted octanol–water partition coefficient (Wildman–Crippen LogP) is 1.54. The van der Waals surface area contributed by atoms with Crippen molar-refractivity contribution in [2.45, 2.75) is 51.4 Å². The minimum atomic E-state index is -0.345. The van der Waals surface area contributed by atoms with E-state index in [0.29, 0.717) is 13.2 Å². The molecule has 0 amide bonds. The molecule has 1 N–H and O–H groups in total. The lowest BCUT2D eigenvalue weighted by molar-refractivity contribution is 0.00578. The van der Waals surface area contributed by atoms with Gasteiger partial charge in [0.15, 0.2) is 0 Å². The van der Waals surface area contributed by atoms with E-state index in [4.69, 9.17) is 14.0 Å². The Kier molecular flexibility index (Phi) is 4.10. The van der Waals surface area contributed by atoms with Gasteiger partial charge in [0.1, 0.15) is 0 Å². The number of hydrogen-bond acceptors (Lipinski definition) is 4. The average Bonchev–Trinajstić information content (AvgIpc) is 2.92. The third kappa shape index (κ3) is 2.95. The fourth-order valence-corrected chi connectivity index (χ4v) is 2.88. The van der Waals surface area contributed by atoms with Crippen LogP contribution in [0.15, 0.2) is 24.3 Å². The van der Waals surface area contributed by atoms with Crippen LogP contribution >= 0.6 is 0 Å². The highest BCUT2D eigenvalue weighted by Gasteiger charge is 2.51. The van der Waals surface area contributed by atoms with E-state index in [9.17, 15) is 5.11 Å². The Labute approximate surface area is 132 Å². The third-order valence-corrected chi connectivity index (χ3v) is 5.17. The van der Waals surface area contributed by atoms with Crippen LogP contribution in [0.5, 0.6) is 0 Å². The minimum Gasteiger partial charge on any atom is -0.399 e. The molecule has 2 aliphatic heterocycles. The number of hydrogen-bond donors (Lipinski definition) is 1. The molecule has 1 aromatic carbocycles. The summed E-state index contributed by atoms with van der Waals surface area (Å²) in [6.07, 6.45) is 0.493. The summed E-state index contributed by atoms with van der Waals surface area (Å²) >= 11 is 0. The minimum absolute atomic E-state index is 0.197. The Bertz CT molecular complexity index is 510. The molecule has 2 saturated heterocycles. The summed E-state index contributed by atoms with van der Waals surface area (Å²) in [4.78, 5) is 0. The highest BCUT2D eigenvalue weighted by molar-refractivity contribution is 6.62. The maximum atomic E-state index is 9.83. The fraction of sp³-hybridized carbons (Fsp3) is 0.647. The van der Waals surface area contributed by atoms with Gasteiger partial charge < -0.3 is 19.2 Å². The molecule has 0 aliphatic carbocycles. The monoisotopic (exact) mass is 304 g/mol. The molecule has 0 unspecified atom stereocenters. The Morgan fingerprint density at radius 2 is 1.64 bits per heavy atom.